The van der Waals surface area contributed by atoms with Crippen molar-refractivity contribution >= 4 is 23.1 Å². The number of benzene rings is 1. The number of nitrogens with one attached hydrogen (secondary N) is 1. The quantitative estimate of drug-likeness (QED) is 0.797. The Morgan fingerprint density at radius 2 is 1.91 bits per heavy atom. The summed E-state index contributed by atoms with van der Waals surface area (Å²) >= 11 is 5.66. The molecular formula is C19H28N2OS. The molecule has 1 aromatic carbocycles. The van der Waals surface area contributed by atoms with Crippen LogP contribution in [-0.2, 0) is 11.3 Å². The molecular weight excluding hydrogens is 304 g/mol. The minimum absolute atomic E-state index is 0.0235. The fraction of sp³-hybridized carbons (Fsp3) is 0.579. The monoisotopic (exact) mass is 332 g/mol. The molecule has 23 heavy (non-hydrogen) atoms. The van der Waals surface area contributed by atoms with Gasteiger partial charge in [0, 0.05) is 19.5 Å². The summed E-state index contributed by atoms with van der Waals surface area (Å²) in [5.74, 6) is 0.0773. The second-order valence-corrected chi connectivity index (χ2v) is 6.84. The lowest BCUT2D eigenvalue weighted by Crippen LogP contribution is -2.50. The second kappa shape index (κ2) is 9.02. The van der Waals surface area contributed by atoms with E-state index in [0.717, 1.165) is 17.0 Å². The first-order valence-electron chi connectivity index (χ1n) is 8.73. The Balaban J connectivity index is 2.04. The van der Waals surface area contributed by atoms with Crippen molar-refractivity contribution in [2.24, 2.45) is 0 Å². The topological polar surface area (TPSA) is 32.3 Å². The fourth-order valence-electron chi connectivity index (χ4n) is 3.31. The van der Waals surface area contributed by atoms with Crippen molar-refractivity contribution in [3.63, 3.8) is 0 Å². The highest BCUT2D eigenvalue weighted by molar-refractivity contribution is 7.80. The molecule has 0 aliphatic heterocycles. The predicted molar refractivity (Wildman–Crippen MR) is 99.4 cm³/mol. The van der Waals surface area contributed by atoms with Crippen LogP contribution in [0.15, 0.2) is 30.3 Å². The summed E-state index contributed by atoms with van der Waals surface area (Å²) in [6.07, 6.45) is 7.10. The maximum Gasteiger partial charge on any atom is 0.220 e. The van der Waals surface area contributed by atoms with E-state index in [-0.39, 0.29) is 11.9 Å². The van der Waals surface area contributed by atoms with E-state index >= 15 is 0 Å². The molecule has 1 amide bonds. The zero-order valence-corrected chi connectivity index (χ0v) is 15.1. The van der Waals surface area contributed by atoms with E-state index in [0.29, 0.717) is 12.6 Å². The largest absolute Gasteiger partial charge is 0.375 e. The number of rotatable bonds is 6. The molecule has 1 saturated carbocycles. The Morgan fingerprint density at radius 1 is 1.26 bits per heavy atom. The van der Waals surface area contributed by atoms with E-state index in [1.165, 1.54) is 32.1 Å². The molecule has 1 aliphatic carbocycles. The SMILES string of the molecule is CCC(C(=S)NC1CCCCC1)N(Cc1ccccc1)C(C)=O. The van der Waals surface area contributed by atoms with Gasteiger partial charge in [-0.3, -0.25) is 4.79 Å². The van der Waals surface area contributed by atoms with Gasteiger partial charge in [0.25, 0.3) is 0 Å². The van der Waals surface area contributed by atoms with Crippen molar-refractivity contribution in [3.05, 3.63) is 35.9 Å². The lowest BCUT2D eigenvalue weighted by Gasteiger charge is -2.34. The summed E-state index contributed by atoms with van der Waals surface area (Å²) in [6.45, 7) is 4.34. The maximum atomic E-state index is 12.2. The van der Waals surface area contributed by atoms with Crippen LogP contribution in [0.1, 0.15) is 57.9 Å². The number of hydrogen-bond acceptors (Lipinski definition) is 2. The minimum Gasteiger partial charge on any atom is -0.375 e. The highest BCUT2D eigenvalue weighted by atomic mass is 32.1. The van der Waals surface area contributed by atoms with Gasteiger partial charge in [0.1, 0.15) is 0 Å². The third-order valence-electron chi connectivity index (χ3n) is 4.62. The lowest BCUT2D eigenvalue weighted by atomic mass is 9.95. The fourth-order valence-corrected chi connectivity index (χ4v) is 3.77. The van der Waals surface area contributed by atoms with Crippen molar-refractivity contribution < 1.29 is 4.79 Å². The molecule has 1 unspecified atom stereocenters. The highest BCUT2D eigenvalue weighted by Crippen LogP contribution is 2.19. The predicted octanol–water partition coefficient (Wildman–Crippen LogP) is 4.06. The smallest absolute Gasteiger partial charge is 0.220 e. The third-order valence-corrected chi connectivity index (χ3v) is 5.01. The molecule has 1 aliphatic rings. The first-order valence-corrected chi connectivity index (χ1v) is 9.14. The summed E-state index contributed by atoms with van der Waals surface area (Å²) in [5.41, 5.74) is 1.14. The standard InChI is InChI=1S/C19H28N2OS/c1-3-18(19(23)20-17-12-8-5-9-13-17)21(15(2)22)14-16-10-6-4-7-11-16/h4,6-7,10-11,17-18H,3,5,8-9,12-14H2,1-2H3,(H,20,23). The van der Waals surface area contributed by atoms with Crippen molar-refractivity contribution in [1.29, 1.82) is 0 Å². The average Bonchev–Trinajstić information content (AvgIpc) is 2.56. The van der Waals surface area contributed by atoms with Crippen LogP contribution < -0.4 is 5.32 Å². The number of carbonyl (C=O) groups is 1. The Kier molecular flexibility index (Phi) is 7.03. The zero-order chi connectivity index (χ0) is 16.7. The lowest BCUT2D eigenvalue weighted by molar-refractivity contribution is -0.130. The van der Waals surface area contributed by atoms with E-state index in [1.807, 2.05) is 23.1 Å². The van der Waals surface area contributed by atoms with Crippen molar-refractivity contribution in [1.82, 2.24) is 10.2 Å². The van der Waals surface area contributed by atoms with E-state index in [4.69, 9.17) is 12.2 Å². The van der Waals surface area contributed by atoms with E-state index < -0.39 is 0 Å². The van der Waals surface area contributed by atoms with Gasteiger partial charge in [-0.05, 0) is 24.8 Å². The molecule has 0 spiro atoms. The van der Waals surface area contributed by atoms with E-state index in [9.17, 15) is 4.79 Å². The van der Waals surface area contributed by atoms with Gasteiger partial charge in [0.15, 0.2) is 0 Å². The van der Waals surface area contributed by atoms with Gasteiger partial charge in [-0.2, -0.15) is 0 Å². The van der Waals surface area contributed by atoms with Crippen LogP contribution in [0.2, 0.25) is 0 Å². The van der Waals surface area contributed by atoms with Crippen LogP contribution in [0.25, 0.3) is 0 Å². The number of amides is 1. The Bertz CT molecular complexity index is 511. The molecule has 0 aromatic heterocycles. The molecule has 0 saturated heterocycles. The van der Waals surface area contributed by atoms with E-state index in [1.54, 1.807) is 6.92 Å². The molecule has 3 nitrogen and oxygen atoms in total. The van der Waals surface area contributed by atoms with E-state index in [2.05, 4.69) is 24.4 Å². The zero-order valence-electron chi connectivity index (χ0n) is 14.3. The van der Waals surface area contributed by atoms with Gasteiger partial charge in [-0.15, -0.1) is 0 Å². The number of hydrogen-bond donors (Lipinski definition) is 1. The first-order chi connectivity index (χ1) is 11.1. The molecule has 2 rings (SSSR count). The van der Waals surface area contributed by atoms with Gasteiger partial charge in [-0.1, -0.05) is 68.7 Å². The molecule has 0 heterocycles. The van der Waals surface area contributed by atoms with Gasteiger partial charge < -0.3 is 10.2 Å². The van der Waals surface area contributed by atoms with Gasteiger partial charge in [0.2, 0.25) is 5.91 Å². The summed E-state index contributed by atoms with van der Waals surface area (Å²) in [7, 11) is 0. The molecule has 1 aromatic rings. The molecule has 0 radical (unpaired) electrons. The summed E-state index contributed by atoms with van der Waals surface area (Å²) in [4.78, 5) is 14.9. The summed E-state index contributed by atoms with van der Waals surface area (Å²) in [6, 6.07) is 10.6. The Hall–Kier alpha value is -1.42. The normalized spacial score (nSPS) is 16.6. The molecule has 4 heteroatoms. The third kappa shape index (κ3) is 5.31. The van der Waals surface area contributed by atoms with Gasteiger partial charge in [0.05, 0.1) is 11.0 Å². The van der Waals surface area contributed by atoms with Gasteiger partial charge in [-0.25, -0.2) is 0 Å². The molecule has 126 valence electrons. The first kappa shape index (κ1) is 17.9. The molecule has 1 atom stereocenters. The van der Waals surface area contributed by atoms with Crippen molar-refractivity contribution in [2.75, 3.05) is 0 Å². The molecule has 1 N–H and O–H groups in total. The maximum absolute atomic E-state index is 12.2. The summed E-state index contributed by atoms with van der Waals surface area (Å²) < 4.78 is 0. The number of thiocarbonyl (C=S) groups is 1. The average molecular weight is 333 g/mol. The number of carbonyl (C=O) groups excluding carboxylic acids is 1. The molecule has 0 bridgehead atoms. The van der Waals surface area contributed by atoms with Crippen LogP contribution in [0.4, 0.5) is 0 Å². The molecule has 1 fully saturated rings. The van der Waals surface area contributed by atoms with Crippen molar-refractivity contribution in [3.8, 4) is 0 Å². The Morgan fingerprint density at radius 3 is 2.48 bits per heavy atom. The Labute approximate surface area is 145 Å². The van der Waals surface area contributed by atoms with Crippen LogP contribution in [-0.4, -0.2) is 27.9 Å². The second-order valence-electron chi connectivity index (χ2n) is 6.40. The minimum atomic E-state index is -0.0235. The van der Waals surface area contributed by atoms with Crippen LogP contribution in [0, 0.1) is 0 Å². The van der Waals surface area contributed by atoms with Crippen LogP contribution in [0.5, 0.6) is 0 Å². The van der Waals surface area contributed by atoms with Gasteiger partial charge >= 0.3 is 0 Å². The highest BCUT2D eigenvalue weighted by Gasteiger charge is 2.25. The van der Waals surface area contributed by atoms with Crippen LogP contribution >= 0.6 is 12.2 Å². The van der Waals surface area contributed by atoms with Crippen molar-refractivity contribution in [2.45, 2.75) is 71.0 Å². The number of nitrogens with zero attached hydrogens (tertiary/aromatic N) is 1. The van der Waals surface area contributed by atoms with Crippen LogP contribution in [0.3, 0.4) is 0 Å². The summed E-state index contributed by atoms with van der Waals surface area (Å²) in [5, 5.41) is 3.53.